The predicted molar refractivity (Wildman–Crippen MR) is 286 cm³/mol. The molecule has 3 aromatic heterocycles. The molecule has 0 atom stereocenters. The number of aromatic nitrogens is 3. The molecule has 0 bridgehead atoms. The Hall–Kier alpha value is -4.94. The first-order valence-corrected chi connectivity index (χ1v) is 25.5. The Balaban J connectivity index is -0.000000782. The van der Waals surface area contributed by atoms with E-state index >= 15 is 0 Å². The fourth-order valence-corrected chi connectivity index (χ4v) is 5.46. The van der Waals surface area contributed by atoms with Gasteiger partial charge in [0.05, 0.1) is 29.6 Å². The van der Waals surface area contributed by atoms with Crippen LogP contribution in [0.5, 0.6) is 0 Å². The van der Waals surface area contributed by atoms with Gasteiger partial charge in [-0.3, -0.25) is 28.8 Å². The second-order valence-electron chi connectivity index (χ2n) is 21.1. The second kappa shape index (κ2) is 36.1. The van der Waals surface area contributed by atoms with Crippen LogP contribution in [0.25, 0.3) is 0 Å². The number of esters is 3. The maximum Gasteiger partial charge on any atom is 0.308 e. The van der Waals surface area contributed by atoms with Gasteiger partial charge in [-0.15, -0.1) is 0 Å². The van der Waals surface area contributed by atoms with E-state index in [1.807, 2.05) is 187 Å². The van der Waals surface area contributed by atoms with E-state index in [-0.39, 0.29) is 77.1 Å². The number of carbonyl (C=O) groups excluding carboxylic acids is 6. The fourth-order valence-electron chi connectivity index (χ4n) is 5.46. The van der Waals surface area contributed by atoms with Crippen LogP contribution in [0.2, 0.25) is 0 Å². The highest BCUT2D eigenvalue weighted by Gasteiger charge is 2.16. The number of rotatable bonds is 17. The summed E-state index contributed by atoms with van der Waals surface area (Å²) in [6, 6.07) is 9.40. The first kappa shape index (κ1) is 69.3. The molecule has 1 amide bonds. The highest BCUT2D eigenvalue weighted by Crippen LogP contribution is 2.15. The van der Waals surface area contributed by atoms with Crippen molar-refractivity contribution in [3.8, 4) is 0 Å². The van der Waals surface area contributed by atoms with Gasteiger partial charge in [0.1, 0.15) is 19.0 Å². The molecule has 0 aliphatic rings. The zero-order chi connectivity index (χ0) is 55.3. The molecular weight excluding hydrogens is 885 g/mol. The standard InChI is InChI=1S/2C12H19NO2.C11H17NO.C8H17NO.C7H14O2.C7H14O/c1-9(2)12(14)15-8-11-5-6-13(7-11)10(3)4;1-9(2)12(14)15-8-11-6-5-7-13(11)10(3)4;1-8(2)11(13)10-5-6-12(7-10)9(3)4;1-6(2)8(10)9(5)7(3)4;1-5(2)7(8)9-6(3)4;1-5(2)7(8)6(3)4/h2*5-7,9-10H,8H2,1-4H3;5-9H,1-4H3;6-7H,1-5H3;5-6H,1-4H3;5-6H,1-4H3. The first-order valence-electron chi connectivity index (χ1n) is 25.5. The smallest absolute Gasteiger partial charge is 0.308 e. The lowest BCUT2D eigenvalue weighted by Crippen LogP contribution is -2.35. The van der Waals surface area contributed by atoms with E-state index in [1.54, 1.807) is 4.90 Å². The van der Waals surface area contributed by atoms with Gasteiger partial charge >= 0.3 is 17.9 Å². The van der Waals surface area contributed by atoms with Gasteiger partial charge in [0.15, 0.2) is 5.78 Å². The molecule has 0 saturated carbocycles. The Kier molecular flexibility index (Phi) is 35.7. The Morgan fingerprint density at radius 3 is 1.23 bits per heavy atom. The van der Waals surface area contributed by atoms with E-state index in [2.05, 4.69) is 55.2 Å². The van der Waals surface area contributed by atoms with Crippen LogP contribution in [-0.2, 0) is 51.4 Å². The summed E-state index contributed by atoms with van der Waals surface area (Å²) in [6.45, 7) is 47.5. The van der Waals surface area contributed by atoms with Crippen molar-refractivity contribution in [3.63, 3.8) is 0 Å². The molecule has 70 heavy (non-hydrogen) atoms. The largest absolute Gasteiger partial charge is 0.463 e. The van der Waals surface area contributed by atoms with Crippen LogP contribution >= 0.6 is 0 Å². The first-order chi connectivity index (χ1) is 32.1. The van der Waals surface area contributed by atoms with Crippen LogP contribution in [0.15, 0.2) is 55.2 Å². The molecule has 13 heteroatoms. The SMILES string of the molecule is CC(C)C(=O)C(C)C.CC(C)C(=O)N(C)C(C)C.CC(C)C(=O)OCc1cccn1C(C)C.CC(C)C(=O)OCc1ccn(C(C)C)c1.CC(C)C(=O)c1ccn(C(C)C)c1.CC(C)OC(=O)C(C)C. The molecule has 3 aromatic rings. The highest BCUT2D eigenvalue weighted by molar-refractivity contribution is 5.97. The average Bonchev–Trinajstić information content (AvgIpc) is 4.06. The molecule has 0 radical (unpaired) electrons. The summed E-state index contributed by atoms with van der Waals surface area (Å²) in [5, 5.41) is 0. The Bertz CT molecular complexity index is 1910. The van der Waals surface area contributed by atoms with Crippen molar-refractivity contribution < 1.29 is 43.0 Å². The molecule has 0 unspecified atom stereocenters. The normalized spacial score (nSPS) is 10.9. The van der Waals surface area contributed by atoms with Crippen LogP contribution in [0.4, 0.5) is 0 Å². The molecule has 0 spiro atoms. The fraction of sp³-hybridized carbons (Fsp3) is 0.684. The summed E-state index contributed by atoms with van der Waals surface area (Å²) in [5.41, 5.74) is 2.90. The van der Waals surface area contributed by atoms with E-state index in [4.69, 9.17) is 14.2 Å². The van der Waals surface area contributed by atoms with Crippen LogP contribution < -0.4 is 0 Å². The number of amides is 1. The maximum absolute atomic E-state index is 11.6. The summed E-state index contributed by atoms with van der Waals surface area (Å²) in [4.78, 5) is 68.6. The molecule has 402 valence electrons. The van der Waals surface area contributed by atoms with Crippen molar-refractivity contribution in [2.24, 2.45) is 41.4 Å². The molecule has 0 fully saturated rings. The second-order valence-corrected chi connectivity index (χ2v) is 21.1. The van der Waals surface area contributed by atoms with Gasteiger partial charge in [0.2, 0.25) is 5.91 Å². The Morgan fingerprint density at radius 1 is 0.486 bits per heavy atom. The van der Waals surface area contributed by atoms with E-state index in [0.29, 0.717) is 43.2 Å². The van der Waals surface area contributed by atoms with Gasteiger partial charge in [0.25, 0.3) is 0 Å². The lowest BCUT2D eigenvalue weighted by molar-refractivity contribution is -0.151. The third-order valence-electron chi connectivity index (χ3n) is 10.2. The minimum atomic E-state index is -0.147. The van der Waals surface area contributed by atoms with E-state index in [9.17, 15) is 28.8 Å². The van der Waals surface area contributed by atoms with Crippen LogP contribution in [0.1, 0.15) is 206 Å². The summed E-state index contributed by atoms with van der Waals surface area (Å²) >= 11 is 0. The highest BCUT2D eigenvalue weighted by atomic mass is 16.5. The molecule has 0 saturated heterocycles. The topological polar surface area (TPSA) is 148 Å². The van der Waals surface area contributed by atoms with Crippen LogP contribution in [-0.4, -0.2) is 73.2 Å². The number of ether oxygens (including phenoxy) is 3. The van der Waals surface area contributed by atoms with Crippen LogP contribution in [0, 0.1) is 41.4 Å². The van der Waals surface area contributed by atoms with Gasteiger partial charge in [-0.25, -0.2) is 0 Å². The number of carbonyl (C=O) groups is 6. The molecule has 0 aliphatic heterocycles. The van der Waals surface area contributed by atoms with E-state index in [1.165, 1.54) is 0 Å². The lowest BCUT2D eigenvalue weighted by Gasteiger charge is -2.23. The minimum Gasteiger partial charge on any atom is -0.463 e. The van der Waals surface area contributed by atoms with Crippen molar-refractivity contribution in [1.29, 1.82) is 0 Å². The number of hydrogen-bond donors (Lipinski definition) is 0. The van der Waals surface area contributed by atoms with Crippen molar-refractivity contribution in [2.75, 3.05) is 7.05 Å². The Labute approximate surface area is 425 Å². The lowest BCUT2D eigenvalue weighted by atomic mass is 9.99. The molecular formula is C57H100N4O9. The Morgan fingerprint density at radius 2 is 0.929 bits per heavy atom. The van der Waals surface area contributed by atoms with Crippen molar-refractivity contribution >= 4 is 35.4 Å². The molecule has 0 N–H and O–H groups in total. The third-order valence-corrected chi connectivity index (χ3v) is 10.2. The minimum absolute atomic E-state index is 0.00704. The van der Waals surface area contributed by atoms with Gasteiger partial charge in [0, 0.05) is 97.0 Å². The molecule has 0 aromatic carbocycles. The summed E-state index contributed by atoms with van der Waals surface area (Å²) in [5.74, 6) is 0.862. The number of ketones is 2. The van der Waals surface area contributed by atoms with Crippen molar-refractivity contribution in [3.05, 3.63) is 72.1 Å². The third kappa shape index (κ3) is 30.6. The van der Waals surface area contributed by atoms with Gasteiger partial charge in [-0.1, -0.05) is 96.9 Å². The van der Waals surface area contributed by atoms with E-state index in [0.717, 1.165) is 16.8 Å². The molecule has 3 rings (SSSR count). The molecule has 0 aliphatic carbocycles. The van der Waals surface area contributed by atoms with Crippen molar-refractivity contribution in [1.82, 2.24) is 18.6 Å². The number of hydrogen-bond acceptors (Lipinski definition) is 9. The molecule has 3 heterocycles. The molecule has 13 nitrogen and oxygen atoms in total. The predicted octanol–water partition coefficient (Wildman–Crippen LogP) is 13.4. The zero-order valence-electron chi connectivity index (χ0n) is 48.5. The number of Topliss-reactive ketones (excluding diaryl/α,β-unsaturated/α-hetero) is 2. The number of nitrogens with zero attached hydrogens (tertiary/aromatic N) is 4. The monoisotopic (exact) mass is 985 g/mol. The summed E-state index contributed by atoms with van der Waals surface area (Å²) < 4.78 is 21.4. The van der Waals surface area contributed by atoms with Crippen molar-refractivity contribution in [2.45, 2.75) is 210 Å². The average molecular weight is 985 g/mol. The van der Waals surface area contributed by atoms with Gasteiger partial charge in [-0.05, 0) is 93.5 Å². The zero-order valence-corrected chi connectivity index (χ0v) is 48.5. The quantitative estimate of drug-likeness (QED) is 0.0732. The van der Waals surface area contributed by atoms with Crippen LogP contribution in [0.3, 0.4) is 0 Å². The maximum atomic E-state index is 11.6. The van der Waals surface area contributed by atoms with Gasteiger partial charge < -0.3 is 32.8 Å². The summed E-state index contributed by atoms with van der Waals surface area (Å²) in [6.07, 6.45) is 9.91. The van der Waals surface area contributed by atoms with Gasteiger partial charge in [-0.2, -0.15) is 0 Å². The summed E-state index contributed by atoms with van der Waals surface area (Å²) in [7, 11) is 1.84. The van der Waals surface area contributed by atoms with E-state index < -0.39 is 0 Å².